The lowest BCUT2D eigenvalue weighted by Gasteiger charge is -2.30. The molecule has 154 valence electrons. The lowest BCUT2D eigenvalue weighted by atomic mass is 9.78. The van der Waals surface area contributed by atoms with Crippen molar-refractivity contribution in [2.24, 2.45) is 10.9 Å². The second-order valence-electron chi connectivity index (χ2n) is 8.06. The largest absolute Gasteiger partial charge is 0.493 e. The van der Waals surface area contributed by atoms with E-state index in [0.29, 0.717) is 25.0 Å². The van der Waals surface area contributed by atoms with Crippen LogP contribution in [0.25, 0.3) is 0 Å². The average molecular weight is 394 g/mol. The topological polar surface area (TPSA) is 54.9 Å². The van der Waals surface area contributed by atoms with Crippen molar-refractivity contribution in [3.8, 4) is 5.75 Å². The van der Waals surface area contributed by atoms with Gasteiger partial charge in [-0.3, -0.25) is 4.99 Å². The van der Waals surface area contributed by atoms with Crippen LogP contribution in [0.1, 0.15) is 34.6 Å². The van der Waals surface area contributed by atoms with Gasteiger partial charge in [0.1, 0.15) is 5.75 Å². The molecule has 2 atom stereocenters. The minimum atomic E-state index is 0.496. The van der Waals surface area contributed by atoms with Crippen molar-refractivity contribution in [2.45, 2.75) is 32.2 Å². The maximum atomic E-state index is 6.15. The number of nitrogens with one attached hydrogen (secondary N) is 2. The molecule has 2 aromatic carbocycles. The van der Waals surface area contributed by atoms with Gasteiger partial charge in [0.15, 0.2) is 5.96 Å². The van der Waals surface area contributed by atoms with E-state index in [4.69, 9.17) is 9.47 Å². The number of hydrogen-bond donors (Lipinski definition) is 2. The van der Waals surface area contributed by atoms with E-state index in [1.165, 1.54) is 16.7 Å². The highest BCUT2D eigenvalue weighted by Gasteiger charge is 2.25. The van der Waals surface area contributed by atoms with E-state index in [-0.39, 0.29) is 0 Å². The monoisotopic (exact) mass is 393 g/mol. The number of nitrogens with zero attached hydrogens (tertiary/aromatic N) is 1. The molecular weight excluding hydrogens is 362 g/mol. The molecule has 29 heavy (non-hydrogen) atoms. The number of benzene rings is 2. The van der Waals surface area contributed by atoms with Gasteiger partial charge in [-0.15, -0.1) is 0 Å². The summed E-state index contributed by atoms with van der Waals surface area (Å²) in [5.74, 6) is 2.84. The van der Waals surface area contributed by atoms with Crippen LogP contribution in [0.5, 0.6) is 5.75 Å². The highest BCUT2D eigenvalue weighted by atomic mass is 16.5. The van der Waals surface area contributed by atoms with Gasteiger partial charge in [-0.05, 0) is 42.5 Å². The Morgan fingerprint density at radius 3 is 2.90 bits per heavy atom. The molecule has 2 aliphatic rings. The normalized spacial score (nSPS) is 20.7. The van der Waals surface area contributed by atoms with Gasteiger partial charge in [-0.1, -0.05) is 36.4 Å². The van der Waals surface area contributed by atoms with Crippen LogP contribution in [0.4, 0.5) is 0 Å². The number of rotatable bonds is 7. The van der Waals surface area contributed by atoms with E-state index in [9.17, 15) is 0 Å². The molecule has 2 aromatic rings. The zero-order chi connectivity index (χ0) is 20.1. The van der Waals surface area contributed by atoms with E-state index in [2.05, 4.69) is 65.0 Å². The van der Waals surface area contributed by atoms with Gasteiger partial charge in [0.2, 0.25) is 0 Å². The van der Waals surface area contributed by atoms with Crippen LogP contribution >= 0.6 is 0 Å². The molecule has 1 aliphatic heterocycles. The van der Waals surface area contributed by atoms with Crippen molar-refractivity contribution < 1.29 is 9.47 Å². The van der Waals surface area contributed by atoms with Gasteiger partial charge in [0.25, 0.3) is 0 Å². The zero-order valence-electron chi connectivity index (χ0n) is 17.4. The van der Waals surface area contributed by atoms with Gasteiger partial charge in [-0.25, -0.2) is 0 Å². The van der Waals surface area contributed by atoms with Gasteiger partial charge >= 0.3 is 0 Å². The molecule has 0 bridgehead atoms. The summed E-state index contributed by atoms with van der Waals surface area (Å²) in [7, 11) is 1.82. The van der Waals surface area contributed by atoms with E-state index >= 15 is 0 Å². The summed E-state index contributed by atoms with van der Waals surface area (Å²) < 4.78 is 11.6. The zero-order valence-corrected chi connectivity index (χ0v) is 17.4. The van der Waals surface area contributed by atoms with Crippen molar-refractivity contribution in [3.05, 3.63) is 64.7 Å². The predicted molar refractivity (Wildman–Crippen MR) is 117 cm³/mol. The maximum absolute atomic E-state index is 6.15. The quantitative estimate of drug-likeness (QED) is 0.559. The van der Waals surface area contributed by atoms with Crippen molar-refractivity contribution >= 4 is 5.96 Å². The fraction of sp³-hybridized carbons (Fsp3) is 0.458. The highest BCUT2D eigenvalue weighted by molar-refractivity contribution is 5.79. The van der Waals surface area contributed by atoms with E-state index in [1.54, 1.807) is 0 Å². The van der Waals surface area contributed by atoms with E-state index < -0.39 is 0 Å². The summed E-state index contributed by atoms with van der Waals surface area (Å²) in [6.07, 6.45) is 2.22. The first-order valence-electron chi connectivity index (χ1n) is 10.6. The van der Waals surface area contributed by atoms with Gasteiger partial charge < -0.3 is 20.1 Å². The van der Waals surface area contributed by atoms with E-state index in [1.807, 2.05) is 7.05 Å². The number of guanidine groups is 1. The summed E-state index contributed by atoms with van der Waals surface area (Å²) in [6, 6.07) is 15.1. The average Bonchev–Trinajstić information content (AvgIpc) is 3.24. The summed E-state index contributed by atoms with van der Waals surface area (Å²) in [4.78, 5) is 4.38. The van der Waals surface area contributed by atoms with Crippen LogP contribution in [0, 0.1) is 12.8 Å². The van der Waals surface area contributed by atoms with Crippen molar-refractivity contribution in [1.82, 2.24) is 10.6 Å². The summed E-state index contributed by atoms with van der Waals surface area (Å²) in [5, 5.41) is 6.91. The van der Waals surface area contributed by atoms with Gasteiger partial charge in [0.05, 0.1) is 13.2 Å². The summed E-state index contributed by atoms with van der Waals surface area (Å²) in [5.41, 5.74) is 5.28. The maximum Gasteiger partial charge on any atom is 0.191 e. The molecule has 1 fully saturated rings. The Kier molecular flexibility index (Phi) is 6.35. The van der Waals surface area contributed by atoms with Crippen LogP contribution in [0.3, 0.4) is 0 Å². The molecule has 1 heterocycles. The second-order valence-corrected chi connectivity index (χ2v) is 8.06. The molecule has 0 saturated carbocycles. The fourth-order valence-electron chi connectivity index (χ4n) is 4.03. The van der Waals surface area contributed by atoms with Crippen LogP contribution in [0.2, 0.25) is 0 Å². The summed E-state index contributed by atoms with van der Waals surface area (Å²) in [6.45, 7) is 6.04. The standard InChI is InChI=1S/C24H31N3O2/c1-17-7-8-20(23(11-17)29-16-18-9-10-28-15-18)13-26-24(25-2)27-14-21-12-19-5-3-4-6-22(19)21/h3-8,11,18,21H,9-10,12-16H2,1-2H3,(H2,25,26,27). The third-order valence-electron chi connectivity index (χ3n) is 5.87. The molecular formula is C24H31N3O2. The second kappa shape index (κ2) is 9.31. The minimum Gasteiger partial charge on any atom is -0.493 e. The first-order chi connectivity index (χ1) is 14.2. The minimum absolute atomic E-state index is 0.496. The van der Waals surface area contributed by atoms with Crippen LogP contribution in [-0.2, 0) is 17.7 Å². The number of ether oxygens (including phenoxy) is 2. The molecule has 5 nitrogen and oxygen atoms in total. The van der Waals surface area contributed by atoms with Gasteiger partial charge in [-0.2, -0.15) is 0 Å². The lowest BCUT2D eigenvalue weighted by molar-refractivity contribution is 0.166. The molecule has 0 aromatic heterocycles. The number of aliphatic imine (C=N–C) groups is 1. The lowest BCUT2D eigenvalue weighted by Crippen LogP contribution is -2.40. The van der Waals surface area contributed by atoms with Crippen molar-refractivity contribution in [3.63, 3.8) is 0 Å². The Hall–Kier alpha value is -2.53. The highest BCUT2D eigenvalue weighted by Crippen LogP contribution is 2.34. The smallest absolute Gasteiger partial charge is 0.191 e. The summed E-state index contributed by atoms with van der Waals surface area (Å²) >= 11 is 0. The fourth-order valence-corrected chi connectivity index (χ4v) is 4.03. The van der Waals surface area contributed by atoms with E-state index in [0.717, 1.165) is 49.9 Å². The Bertz CT molecular complexity index is 859. The van der Waals surface area contributed by atoms with Crippen molar-refractivity contribution in [1.29, 1.82) is 0 Å². The predicted octanol–water partition coefficient (Wildman–Crippen LogP) is 3.42. The number of fused-ring (bicyclic) bond motifs is 1. The Labute approximate surface area is 173 Å². The molecule has 0 amide bonds. The SMILES string of the molecule is CN=C(NCc1ccc(C)cc1OCC1CCOC1)NCC1Cc2ccccc21. The van der Waals surface area contributed by atoms with Crippen LogP contribution in [-0.4, -0.2) is 39.4 Å². The number of aryl methyl sites for hydroxylation is 1. The first-order valence-corrected chi connectivity index (χ1v) is 10.6. The number of hydrogen-bond acceptors (Lipinski definition) is 3. The molecule has 1 saturated heterocycles. The van der Waals surface area contributed by atoms with Gasteiger partial charge in [0, 0.05) is 44.1 Å². The van der Waals surface area contributed by atoms with Crippen molar-refractivity contribution in [2.75, 3.05) is 33.4 Å². The van der Waals surface area contributed by atoms with Crippen LogP contribution in [0.15, 0.2) is 47.5 Å². The molecule has 4 rings (SSSR count). The molecule has 2 unspecified atom stereocenters. The first kappa shape index (κ1) is 19.8. The Morgan fingerprint density at radius 1 is 1.21 bits per heavy atom. The Morgan fingerprint density at radius 2 is 2.10 bits per heavy atom. The molecule has 2 N–H and O–H groups in total. The molecule has 5 heteroatoms. The molecule has 0 spiro atoms. The van der Waals surface area contributed by atoms with Crippen LogP contribution < -0.4 is 15.4 Å². The molecule has 1 aliphatic carbocycles. The Balaban J connectivity index is 1.30. The third kappa shape index (κ3) is 4.91. The molecule has 0 radical (unpaired) electrons. The third-order valence-corrected chi connectivity index (χ3v) is 5.87.